The van der Waals surface area contributed by atoms with Crippen LogP contribution in [0.1, 0.15) is 28.7 Å². The molecular weight excluding hydrogens is 791 g/mol. The van der Waals surface area contributed by atoms with E-state index in [9.17, 15) is 0 Å². The van der Waals surface area contributed by atoms with E-state index in [2.05, 4.69) is 224 Å². The van der Waals surface area contributed by atoms with Crippen LogP contribution in [0.4, 0.5) is 17.1 Å². The molecule has 0 radical (unpaired) electrons. The smallest absolute Gasteiger partial charge is 0.159 e. The maximum atomic E-state index is 6.80. The lowest BCUT2D eigenvalue weighted by molar-refractivity contribution is 0.646. The number of para-hydroxylation sites is 3. The highest BCUT2D eigenvalue weighted by molar-refractivity contribution is 6.11. The molecule has 9 aromatic carbocycles. The minimum atomic E-state index is -0.559. The summed E-state index contributed by atoms with van der Waals surface area (Å²) in [5, 5.41) is 4.42. The zero-order valence-electron chi connectivity index (χ0n) is 35.5. The van der Waals surface area contributed by atoms with E-state index in [4.69, 9.17) is 8.83 Å². The molecule has 13 rings (SSSR count). The maximum Gasteiger partial charge on any atom is 0.159 e. The molecule has 11 aromatic rings. The Balaban J connectivity index is 1.12. The van der Waals surface area contributed by atoms with Gasteiger partial charge in [-0.05, 0) is 122 Å². The van der Waals surface area contributed by atoms with Crippen LogP contribution in [-0.4, -0.2) is 0 Å². The van der Waals surface area contributed by atoms with Crippen LogP contribution in [0.2, 0.25) is 0 Å². The van der Waals surface area contributed by atoms with E-state index in [1.54, 1.807) is 0 Å². The first-order valence-electron chi connectivity index (χ1n) is 22.3. The van der Waals surface area contributed by atoms with Gasteiger partial charge in [0.25, 0.3) is 0 Å². The molecule has 1 atom stereocenters. The van der Waals surface area contributed by atoms with Crippen molar-refractivity contribution in [2.45, 2.75) is 11.8 Å². The number of hydrogen-bond acceptors (Lipinski definition) is 3. The van der Waals surface area contributed by atoms with Crippen LogP contribution in [-0.2, 0) is 5.41 Å². The number of allylic oxidation sites excluding steroid dienone is 5. The average Bonchev–Trinajstić information content (AvgIpc) is 4.01. The summed E-state index contributed by atoms with van der Waals surface area (Å²) in [7, 11) is 0. The van der Waals surface area contributed by atoms with Gasteiger partial charge in [-0.15, -0.1) is 0 Å². The fraction of sp³-hybridized carbons (Fsp3) is 0.0323. The largest absolute Gasteiger partial charge is 0.456 e. The summed E-state index contributed by atoms with van der Waals surface area (Å²) in [6.45, 7) is 4.64. The highest BCUT2D eigenvalue weighted by Crippen LogP contribution is 2.59. The number of nitrogens with zero attached hydrogens (tertiary/aromatic N) is 1. The van der Waals surface area contributed by atoms with Crippen LogP contribution in [0, 0.1) is 0 Å². The van der Waals surface area contributed by atoms with Crippen LogP contribution in [0.25, 0.3) is 82.8 Å². The Kier molecular flexibility index (Phi) is 8.34. The fourth-order valence-electron chi connectivity index (χ4n) is 10.8. The van der Waals surface area contributed by atoms with Gasteiger partial charge in [0.2, 0.25) is 0 Å². The molecule has 306 valence electrons. The van der Waals surface area contributed by atoms with Crippen LogP contribution < -0.4 is 4.90 Å². The molecule has 0 saturated carbocycles. The lowest BCUT2D eigenvalue weighted by Crippen LogP contribution is -2.27. The second-order valence-electron chi connectivity index (χ2n) is 17.2. The molecule has 1 unspecified atom stereocenters. The zero-order chi connectivity index (χ0) is 43.1. The predicted molar refractivity (Wildman–Crippen MR) is 270 cm³/mol. The second kappa shape index (κ2) is 14.6. The number of hydrogen-bond donors (Lipinski definition) is 0. The first-order valence-corrected chi connectivity index (χ1v) is 22.3. The zero-order valence-corrected chi connectivity index (χ0v) is 35.5. The van der Waals surface area contributed by atoms with Crippen molar-refractivity contribution in [3.63, 3.8) is 0 Å². The molecule has 65 heavy (non-hydrogen) atoms. The molecule has 3 heteroatoms. The Labute approximate surface area is 377 Å². The summed E-state index contributed by atoms with van der Waals surface area (Å²) in [5.74, 6) is 0. The van der Waals surface area contributed by atoms with Crippen molar-refractivity contribution in [2.24, 2.45) is 0 Å². The number of rotatable bonds is 4. The van der Waals surface area contributed by atoms with Crippen molar-refractivity contribution < 1.29 is 8.83 Å². The first kappa shape index (κ1) is 37.2. The van der Waals surface area contributed by atoms with Gasteiger partial charge in [0, 0.05) is 32.9 Å². The number of furan rings is 2. The third-order valence-electron chi connectivity index (χ3n) is 13.8. The molecule has 0 amide bonds. The Bertz CT molecular complexity index is 3770. The lowest BCUT2D eigenvalue weighted by atomic mass is 9.67. The van der Waals surface area contributed by atoms with Crippen molar-refractivity contribution >= 4 is 66.5 Å². The van der Waals surface area contributed by atoms with E-state index in [1.807, 2.05) is 12.1 Å². The van der Waals surface area contributed by atoms with Gasteiger partial charge in [0.05, 0.1) is 11.1 Å². The first-order chi connectivity index (χ1) is 32.1. The fourth-order valence-corrected chi connectivity index (χ4v) is 10.8. The summed E-state index contributed by atoms with van der Waals surface area (Å²) in [6, 6.07) is 72.3. The summed E-state index contributed by atoms with van der Waals surface area (Å²) in [4.78, 5) is 2.37. The van der Waals surface area contributed by atoms with Crippen molar-refractivity contribution in [3.8, 4) is 33.4 Å². The summed E-state index contributed by atoms with van der Waals surface area (Å²) in [6.07, 6.45) is 9.54. The van der Waals surface area contributed by atoms with E-state index in [1.165, 1.54) is 33.4 Å². The number of anilines is 3. The SMILES string of the molecule is C=C1/C=C\C=C/CC2(c3ccc(N(c4ccc(-c5ccccc5)cc4)c4cccc5c4oc4ccccc45)cc3-c3ccccc31)c1ccccc1-c1cc3oc4ccccc4c3cc12. The molecule has 0 saturated heterocycles. The van der Waals surface area contributed by atoms with Gasteiger partial charge in [0.15, 0.2) is 5.58 Å². The van der Waals surface area contributed by atoms with Gasteiger partial charge in [-0.2, -0.15) is 0 Å². The van der Waals surface area contributed by atoms with Crippen molar-refractivity contribution in [1.29, 1.82) is 0 Å². The van der Waals surface area contributed by atoms with Crippen LogP contribution in [0.5, 0.6) is 0 Å². The van der Waals surface area contributed by atoms with Crippen LogP contribution in [0.3, 0.4) is 0 Å². The van der Waals surface area contributed by atoms with Crippen molar-refractivity contribution in [1.82, 2.24) is 0 Å². The van der Waals surface area contributed by atoms with Crippen molar-refractivity contribution in [3.05, 3.63) is 253 Å². The Morgan fingerprint density at radius 3 is 1.88 bits per heavy atom. The summed E-state index contributed by atoms with van der Waals surface area (Å²) < 4.78 is 13.4. The molecule has 1 spiro atoms. The molecule has 0 fully saturated rings. The minimum absolute atomic E-state index is 0.559. The lowest BCUT2D eigenvalue weighted by Gasteiger charge is -2.35. The van der Waals surface area contributed by atoms with Gasteiger partial charge >= 0.3 is 0 Å². The standard InChI is InChI=1S/C62H41NO2/c1-40-17-4-3-15-36-62(54-26-12-9-22-47(54)52-39-60-53(38-56(52)62)49-24-11-13-28-58(49)64-60)55-35-34-44(37-51(55)46-21-8-7-20-45(40)46)63(43-32-30-42(31-33-43)41-18-5-2-6-19-41)57-27-16-25-50-48-23-10-14-29-59(48)65-61(50)57/h2-35,37-39H,1,36H2/b15-3-,17-4-. The molecule has 0 bridgehead atoms. The van der Waals surface area contributed by atoms with Gasteiger partial charge in [0.1, 0.15) is 16.7 Å². The minimum Gasteiger partial charge on any atom is -0.456 e. The third kappa shape index (κ3) is 5.69. The average molecular weight is 832 g/mol. The monoisotopic (exact) mass is 831 g/mol. The predicted octanol–water partition coefficient (Wildman–Crippen LogP) is 17.1. The van der Waals surface area contributed by atoms with E-state index in [-0.39, 0.29) is 0 Å². The van der Waals surface area contributed by atoms with Gasteiger partial charge in [-0.3, -0.25) is 0 Å². The highest BCUT2D eigenvalue weighted by atomic mass is 16.3. The van der Waals surface area contributed by atoms with Crippen LogP contribution in [0.15, 0.2) is 240 Å². The molecular formula is C62H41NO2. The second-order valence-corrected chi connectivity index (χ2v) is 17.2. The molecule has 2 aromatic heterocycles. The molecule has 2 heterocycles. The maximum absolute atomic E-state index is 6.80. The quantitative estimate of drug-likeness (QED) is 0.177. The van der Waals surface area contributed by atoms with Gasteiger partial charge in [-0.1, -0.05) is 176 Å². The Hall–Kier alpha value is -8.40. The normalized spacial score (nSPS) is 16.3. The number of benzene rings is 9. The molecule has 0 N–H and O–H groups in total. The summed E-state index contributed by atoms with van der Waals surface area (Å²) >= 11 is 0. The topological polar surface area (TPSA) is 29.5 Å². The number of fused-ring (bicyclic) bond motifs is 15. The van der Waals surface area contributed by atoms with Gasteiger partial charge < -0.3 is 13.7 Å². The Morgan fingerprint density at radius 1 is 0.415 bits per heavy atom. The molecule has 2 aliphatic carbocycles. The molecule has 3 nitrogen and oxygen atoms in total. The van der Waals surface area contributed by atoms with Gasteiger partial charge in [-0.25, -0.2) is 0 Å². The van der Waals surface area contributed by atoms with E-state index < -0.39 is 5.41 Å². The van der Waals surface area contributed by atoms with E-state index >= 15 is 0 Å². The third-order valence-corrected chi connectivity index (χ3v) is 13.8. The van der Waals surface area contributed by atoms with Crippen molar-refractivity contribution in [2.75, 3.05) is 4.90 Å². The van der Waals surface area contributed by atoms with Crippen LogP contribution >= 0.6 is 0 Å². The Morgan fingerprint density at radius 2 is 1.05 bits per heavy atom. The molecule has 2 aliphatic rings. The van der Waals surface area contributed by atoms with E-state index in [0.717, 1.165) is 95.2 Å². The highest BCUT2D eigenvalue weighted by Gasteiger charge is 2.46. The molecule has 0 aliphatic heterocycles. The summed E-state index contributed by atoms with van der Waals surface area (Å²) in [5.41, 5.74) is 18.8. The van der Waals surface area contributed by atoms with E-state index in [0.29, 0.717) is 0 Å².